The third-order valence-corrected chi connectivity index (χ3v) is 15.3. The Hall–Kier alpha value is -3.67. The van der Waals surface area contributed by atoms with Gasteiger partial charge < -0.3 is 14.2 Å². The topological polar surface area (TPSA) is 78.9 Å². The molecule has 0 aromatic heterocycles. The maximum absolute atomic E-state index is 12.9. The number of carbonyl (C=O) groups excluding carboxylic acids is 3. The number of hydrogen-bond acceptors (Lipinski definition) is 6. The molecule has 82 heavy (non-hydrogen) atoms. The predicted molar refractivity (Wildman–Crippen MR) is 357 cm³/mol. The Morgan fingerprint density at radius 2 is 0.476 bits per heavy atom. The summed E-state index contributed by atoms with van der Waals surface area (Å²) in [4.78, 5) is 38.5. The molecule has 0 heterocycles. The maximum Gasteiger partial charge on any atom is 0.306 e. The van der Waals surface area contributed by atoms with Gasteiger partial charge in [0, 0.05) is 19.3 Å². The van der Waals surface area contributed by atoms with Gasteiger partial charge in [-0.3, -0.25) is 14.4 Å². The summed E-state index contributed by atoms with van der Waals surface area (Å²) in [6.07, 6.45) is 94.3. The fourth-order valence-electron chi connectivity index (χ4n) is 10.0. The van der Waals surface area contributed by atoms with Crippen LogP contribution in [-0.2, 0) is 28.6 Å². The van der Waals surface area contributed by atoms with Gasteiger partial charge in [0.1, 0.15) is 13.2 Å². The largest absolute Gasteiger partial charge is 0.462 e. The summed E-state index contributed by atoms with van der Waals surface area (Å²) in [5, 5.41) is 0. The molecule has 0 amide bonds. The van der Waals surface area contributed by atoms with Crippen LogP contribution in [0, 0.1) is 0 Å². The normalized spacial score (nSPS) is 12.7. The summed E-state index contributed by atoms with van der Waals surface area (Å²) in [6.45, 7) is 6.53. The minimum absolute atomic E-state index is 0.0907. The Morgan fingerprint density at radius 1 is 0.256 bits per heavy atom. The average Bonchev–Trinajstić information content (AvgIpc) is 3.47. The molecule has 0 rings (SSSR count). The molecule has 0 saturated heterocycles. The van der Waals surface area contributed by atoms with Gasteiger partial charge in [0.15, 0.2) is 6.10 Å². The number of unbranched alkanes of at least 4 members (excludes halogenated alkanes) is 37. The van der Waals surface area contributed by atoms with Gasteiger partial charge >= 0.3 is 17.9 Å². The molecule has 0 aliphatic carbocycles. The first-order valence-electron chi connectivity index (χ1n) is 35.2. The van der Waals surface area contributed by atoms with Crippen LogP contribution in [0.1, 0.15) is 348 Å². The maximum atomic E-state index is 12.9. The lowest BCUT2D eigenvalue weighted by Gasteiger charge is -2.18. The van der Waals surface area contributed by atoms with E-state index in [-0.39, 0.29) is 37.5 Å². The smallest absolute Gasteiger partial charge is 0.306 e. The third-order valence-electron chi connectivity index (χ3n) is 15.3. The molecule has 0 N–H and O–H groups in total. The van der Waals surface area contributed by atoms with Crippen LogP contribution in [0.25, 0.3) is 0 Å². The van der Waals surface area contributed by atoms with Gasteiger partial charge in [-0.05, 0) is 122 Å². The zero-order valence-electron chi connectivity index (χ0n) is 54.2. The second-order valence-corrected chi connectivity index (χ2v) is 23.4. The quantitative estimate of drug-likeness (QED) is 0.0261. The van der Waals surface area contributed by atoms with Crippen molar-refractivity contribution in [2.24, 2.45) is 0 Å². The summed E-state index contributed by atoms with van der Waals surface area (Å²) >= 11 is 0. The lowest BCUT2D eigenvalue weighted by atomic mass is 10.0. The zero-order chi connectivity index (χ0) is 59.2. The van der Waals surface area contributed by atoms with Crippen molar-refractivity contribution >= 4 is 17.9 Å². The van der Waals surface area contributed by atoms with Crippen molar-refractivity contribution in [1.82, 2.24) is 0 Å². The van der Waals surface area contributed by atoms with Crippen LogP contribution in [0.5, 0.6) is 0 Å². The monoisotopic (exact) mass is 1140 g/mol. The molecule has 0 aromatic rings. The molecular weight excluding hydrogens is 1010 g/mol. The van der Waals surface area contributed by atoms with Crippen molar-refractivity contribution in [3.8, 4) is 0 Å². The van der Waals surface area contributed by atoms with E-state index in [0.717, 1.165) is 103 Å². The van der Waals surface area contributed by atoms with Gasteiger partial charge in [-0.15, -0.1) is 0 Å². The van der Waals surface area contributed by atoms with Gasteiger partial charge in [-0.25, -0.2) is 0 Å². The van der Waals surface area contributed by atoms with E-state index in [0.29, 0.717) is 12.8 Å². The first kappa shape index (κ1) is 78.3. The Kier molecular flexibility index (Phi) is 66.7. The molecule has 0 saturated carbocycles. The van der Waals surface area contributed by atoms with Crippen molar-refractivity contribution in [2.75, 3.05) is 13.2 Å². The predicted octanol–water partition coefficient (Wildman–Crippen LogP) is 24.4. The van der Waals surface area contributed by atoms with E-state index in [1.165, 1.54) is 205 Å². The highest BCUT2D eigenvalue weighted by Gasteiger charge is 2.19. The van der Waals surface area contributed by atoms with Crippen LogP contribution in [0.15, 0.2) is 97.2 Å². The molecule has 0 aliphatic heterocycles. The molecule has 0 aromatic carbocycles. The molecule has 1 unspecified atom stereocenters. The van der Waals surface area contributed by atoms with Crippen molar-refractivity contribution in [3.63, 3.8) is 0 Å². The van der Waals surface area contributed by atoms with Gasteiger partial charge in [0.2, 0.25) is 0 Å². The Labute approximate surface area is 508 Å². The van der Waals surface area contributed by atoms with E-state index in [1.807, 2.05) is 0 Å². The van der Waals surface area contributed by atoms with Crippen LogP contribution in [0.3, 0.4) is 0 Å². The number of hydrogen-bond donors (Lipinski definition) is 0. The highest BCUT2D eigenvalue weighted by molar-refractivity contribution is 5.71. The van der Waals surface area contributed by atoms with Crippen LogP contribution in [0.2, 0.25) is 0 Å². The van der Waals surface area contributed by atoms with Crippen LogP contribution in [-0.4, -0.2) is 37.2 Å². The molecule has 1 atom stereocenters. The third kappa shape index (κ3) is 67.1. The summed E-state index contributed by atoms with van der Waals surface area (Å²) < 4.78 is 17.0. The lowest BCUT2D eigenvalue weighted by Crippen LogP contribution is -2.30. The molecule has 0 bridgehead atoms. The molecule has 0 radical (unpaired) electrons. The Bertz CT molecular complexity index is 1590. The van der Waals surface area contributed by atoms with Crippen molar-refractivity contribution < 1.29 is 28.6 Å². The van der Waals surface area contributed by atoms with Crippen molar-refractivity contribution in [1.29, 1.82) is 0 Å². The summed E-state index contributed by atoms with van der Waals surface area (Å²) in [5.74, 6) is -0.912. The second kappa shape index (κ2) is 69.8. The summed E-state index contributed by atoms with van der Waals surface area (Å²) in [7, 11) is 0. The molecular formula is C76H132O6. The van der Waals surface area contributed by atoms with E-state index >= 15 is 0 Å². The fourth-order valence-corrected chi connectivity index (χ4v) is 10.0. The molecule has 0 spiro atoms. The minimum Gasteiger partial charge on any atom is -0.462 e. The molecule has 6 nitrogen and oxygen atoms in total. The van der Waals surface area contributed by atoms with E-state index in [1.54, 1.807) is 0 Å². The van der Waals surface area contributed by atoms with Crippen molar-refractivity contribution in [2.45, 2.75) is 354 Å². The first-order valence-corrected chi connectivity index (χ1v) is 35.2. The van der Waals surface area contributed by atoms with Crippen LogP contribution >= 0.6 is 0 Å². The van der Waals surface area contributed by atoms with E-state index in [4.69, 9.17) is 14.2 Å². The summed E-state index contributed by atoms with van der Waals surface area (Å²) in [5.41, 5.74) is 0. The van der Waals surface area contributed by atoms with Gasteiger partial charge in [-0.1, -0.05) is 304 Å². The Morgan fingerprint density at radius 3 is 0.768 bits per heavy atom. The highest BCUT2D eigenvalue weighted by Crippen LogP contribution is 2.17. The van der Waals surface area contributed by atoms with E-state index < -0.39 is 6.10 Å². The number of rotatable bonds is 64. The van der Waals surface area contributed by atoms with Crippen LogP contribution < -0.4 is 0 Å². The van der Waals surface area contributed by atoms with E-state index in [9.17, 15) is 14.4 Å². The Balaban J connectivity index is 4.36. The number of ether oxygens (including phenoxy) is 3. The fraction of sp³-hybridized carbons (Fsp3) is 0.750. The number of carbonyl (C=O) groups is 3. The van der Waals surface area contributed by atoms with Gasteiger partial charge in [0.25, 0.3) is 0 Å². The average molecular weight is 1140 g/mol. The second-order valence-electron chi connectivity index (χ2n) is 23.4. The number of esters is 3. The molecule has 472 valence electrons. The standard InChI is InChI=1S/C76H132O6/c1-4-7-10-13-16-19-22-25-28-31-34-35-36-37-38-39-40-41-43-45-48-51-54-57-60-63-66-69-75(78)81-72-73(71-80-74(77)68-65-62-59-56-53-50-47-44-33-30-27-24-21-18-15-12-9-6-3)82-76(79)70-67-64-61-58-55-52-49-46-42-32-29-26-23-20-17-14-11-8-5-2/h8,11,17,20,22,25-26,29-31,33-34,42,46,52,55,73H,4-7,9-10,12-16,18-19,21,23-24,27-28,32,35-41,43-45,47-51,53-54,56-72H2,1-3H3/b11-8-,20-17-,25-22-,29-26-,33-30-,34-31-,46-42-,55-52-. The number of allylic oxidation sites excluding steroid dienone is 16. The highest BCUT2D eigenvalue weighted by atomic mass is 16.6. The molecule has 6 heteroatoms. The summed E-state index contributed by atoms with van der Waals surface area (Å²) in [6, 6.07) is 0. The van der Waals surface area contributed by atoms with Gasteiger partial charge in [0.05, 0.1) is 0 Å². The van der Waals surface area contributed by atoms with E-state index in [2.05, 4.69) is 118 Å². The molecule has 0 fully saturated rings. The SMILES string of the molecule is CC/C=C\C/C=C\C/C=C\C/C=C\C/C=C\CCCCCC(=O)OC(COC(=O)CCCCCCCCC/C=C\CCCCCCCCC)COC(=O)CCCCCCCCCCCCCCCCC/C=C\C/C=C\CCCCCCC. The first-order chi connectivity index (χ1) is 40.5. The van der Waals surface area contributed by atoms with Crippen LogP contribution in [0.4, 0.5) is 0 Å². The van der Waals surface area contributed by atoms with Gasteiger partial charge in [-0.2, -0.15) is 0 Å². The lowest BCUT2D eigenvalue weighted by molar-refractivity contribution is -0.167. The van der Waals surface area contributed by atoms with Crippen molar-refractivity contribution in [3.05, 3.63) is 97.2 Å². The minimum atomic E-state index is -0.799. The molecule has 0 aliphatic rings. The zero-order valence-corrected chi connectivity index (χ0v) is 54.2.